The Balaban J connectivity index is 1.65. The molecule has 0 spiro atoms. The second-order valence-electron chi connectivity index (χ2n) is 6.67. The highest BCUT2D eigenvalue weighted by Crippen LogP contribution is 2.30. The van der Waals surface area contributed by atoms with Gasteiger partial charge in [0, 0.05) is 12.2 Å². The summed E-state index contributed by atoms with van der Waals surface area (Å²) >= 11 is 12.0. The number of anilines is 1. The molecule has 5 heteroatoms. The van der Waals surface area contributed by atoms with Gasteiger partial charge in [-0.1, -0.05) is 41.4 Å². The Hall–Kier alpha value is -2.36. The molecule has 3 aromatic rings. The van der Waals surface area contributed by atoms with Crippen molar-refractivity contribution in [1.82, 2.24) is 0 Å². The van der Waals surface area contributed by atoms with Crippen molar-refractivity contribution in [3.05, 3.63) is 86.9 Å². The molecule has 0 saturated heterocycles. The van der Waals surface area contributed by atoms with Crippen LogP contribution in [0.25, 0.3) is 0 Å². The van der Waals surface area contributed by atoms with Crippen LogP contribution >= 0.6 is 23.2 Å². The van der Waals surface area contributed by atoms with Gasteiger partial charge in [0.05, 0.1) is 17.2 Å². The van der Waals surface area contributed by atoms with Crippen LogP contribution in [0.2, 0.25) is 10.0 Å². The zero-order valence-corrected chi connectivity index (χ0v) is 17.7. The minimum absolute atomic E-state index is 0.382. The minimum Gasteiger partial charge on any atom is -0.493 e. The molecule has 28 heavy (non-hydrogen) atoms. The van der Waals surface area contributed by atoms with Gasteiger partial charge in [0.25, 0.3) is 0 Å². The molecule has 0 saturated carbocycles. The summed E-state index contributed by atoms with van der Waals surface area (Å²) in [5.74, 6) is 1.38. The number of hydrogen-bond acceptors (Lipinski definition) is 3. The fraction of sp³-hybridized carbons (Fsp3) is 0.217. The number of benzene rings is 3. The van der Waals surface area contributed by atoms with Crippen molar-refractivity contribution in [2.24, 2.45) is 0 Å². The Kier molecular flexibility index (Phi) is 6.71. The summed E-state index contributed by atoms with van der Waals surface area (Å²) in [5.41, 5.74) is 5.71. The van der Waals surface area contributed by atoms with E-state index < -0.39 is 0 Å². The molecule has 1 N–H and O–H groups in total. The second kappa shape index (κ2) is 9.22. The minimum atomic E-state index is 0.382. The van der Waals surface area contributed by atoms with E-state index in [0.29, 0.717) is 34.7 Å². The predicted octanol–water partition coefficient (Wildman–Crippen LogP) is 6.81. The summed E-state index contributed by atoms with van der Waals surface area (Å²) in [4.78, 5) is 0. The first-order valence-corrected chi connectivity index (χ1v) is 9.76. The highest BCUT2D eigenvalue weighted by molar-refractivity contribution is 6.42. The molecular weight excluding hydrogens is 393 g/mol. The van der Waals surface area contributed by atoms with Gasteiger partial charge in [-0.3, -0.25) is 0 Å². The van der Waals surface area contributed by atoms with Crippen molar-refractivity contribution >= 4 is 28.9 Å². The molecule has 0 aromatic heterocycles. The molecule has 0 atom stereocenters. The fourth-order valence-corrected chi connectivity index (χ4v) is 3.11. The van der Waals surface area contributed by atoms with E-state index in [9.17, 15) is 0 Å². The van der Waals surface area contributed by atoms with Crippen LogP contribution < -0.4 is 14.8 Å². The van der Waals surface area contributed by atoms with Gasteiger partial charge in [0.1, 0.15) is 6.61 Å². The molecule has 0 fully saturated rings. The molecule has 0 radical (unpaired) electrons. The van der Waals surface area contributed by atoms with E-state index in [2.05, 4.69) is 37.4 Å². The number of rotatable bonds is 7. The highest BCUT2D eigenvalue weighted by atomic mass is 35.5. The third kappa shape index (κ3) is 5.12. The fourth-order valence-electron chi connectivity index (χ4n) is 2.79. The highest BCUT2D eigenvalue weighted by Gasteiger charge is 2.08. The van der Waals surface area contributed by atoms with Crippen molar-refractivity contribution in [3.63, 3.8) is 0 Å². The summed E-state index contributed by atoms with van der Waals surface area (Å²) in [6, 6.07) is 17.8. The summed E-state index contributed by atoms with van der Waals surface area (Å²) in [6.07, 6.45) is 0. The maximum atomic E-state index is 6.06. The van der Waals surface area contributed by atoms with Gasteiger partial charge >= 0.3 is 0 Å². The second-order valence-corrected chi connectivity index (χ2v) is 7.49. The molecular formula is C23H23Cl2NO2. The molecule has 0 bridgehead atoms. The van der Waals surface area contributed by atoms with E-state index >= 15 is 0 Å². The first-order chi connectivity index (χ1) is 13.5. The maximum Gasteiger partial charge on any atom is 0.161 e. The van der Waals surface area contributed by atoms with Crippen LogP contribution in [0, 0.1) is 13.8 Å². The van der Waals surface area contributed by atoms with E-state index in [0.717, 1.165) is 16.8 Å². The number of methoxy groups -OCH3 is 1. The Morgan fingerprint density at radius 1 is 0.786 bits per heavy atom. The third-order valence-corrected chi connectivity index (χ3v) is 5.35. The molecule has 3 aromatic carbocycles. The standard InChI is InChI=1S/C23H23Cl2NO2/c1-15-4-7-19(10-16(15)2)26-13-17-6-9-22(23(12-17)27-3)28-14-18-5-8-20(24)21(25)11-18/h4-12,26H,13-14H2,1-3H3. The van der Waals surface area contributed by atoms with Gasteiger partial charge in [-0.05, 0) is 72.5 Å². The van der Waals surface area contributed by atoms with E-state index in [1.807, 2.05) is 24.3 Å². The van der Waals surface area contributed by atoms with Crippen LogP contribution in [-0.4, -0.2) is 7.11 Å². The Labute approximate surface area is 176 Å². The SMILES string of the molecule is COc1cc(CNc2ccc(C)c(C)c2)ccc1OCc1ccc(Cl)c(Cl)c1. The molecule has 0 aliphatic heterocycles. The van der Waals surface area contributed by atoms with Crippen molar-refractivity contribution < 1.29 is 9.47 Å². The van der Waals surface area contributed by atoms with Gasteiger partial charge in [-0.15, -0.1) is 0 Å². The summed E-state index contributed by atoms with van der Waals surface area (Å²) in [6.45, 7) is 5.31. The zero-order chi connectivity index (χ0) is 20.1. The molecule has 0 aliphatic rings. The van der Waals surface area contributed by atoms with Gasteiger partial charge in [0.15, 0.2) is 11.5 Å². The van der Waals surface area contributed by atoms with Crippen LogP contribution in [0.1, 0.15) is 22.3 Å². The van der Waals surface area contributed by atoms with Crippen molar-refractivity contribution in [2.45, 2.75) is 27.0 Å². The zero-order valence-electron chi connectivity index (χ0n) is 16.2. The average Bonchev–Trinajstić information content (AvgIpc) is 2.70. The first kappa shape index (κ1) is 20.4. The largest absolute Gasteiger partial charge is 0.493 e. The van der Waals surface area contributed by atoms with Gasteiger partial charge in [-0.25, -0.2) is 0 Å². The van der Waals surface area contributed by atoms with Crippen LogP contribution in [0.3, 0.4) is 0 Å². The number of aryl methyl sites for hydroxylation is 2. The van der Waals surface area contributed by atoms with Crippen molar-refractivity contribution in [3.8, 4) is 11.5 Å². The van der Waals surface area contributed by atoms with E-state index in [1.54, 1.807) is 19.2 Å². The van der Waals surface area contributed by atoms with Gasteiger partial charge in [0.2, 0.25) is 0 Å². The molecule has 3 rings (SSSR count). The molecule has 0 amide bonds. The lowest BCUT2D eigenvalue weighted by molar-refractivity contribution is 0.284. The van der Waals surface area contributed by atoms with E-state index in [1.165, 1.54) is 11.1 Å². The lowest BCUT2D eigenvalue weighted by Gasteiger charge is -2.14. The molecule has 0 aliphatic carbocycles. The number of nitrogens with one attached hydrogen (secondary N) is 1. The lowest BCUT2D eigenvalue weighted by atomic mass is 10.1. The molecule has 0 heterocycles. The smallest absolute Gasteiger partial charge is 0.161 e. The Bertz CT molecular complexity index is 973. The normalized spacial score (nSPS) is 10.6. The number of halogens is 2. The Morgan fingerprint density at radius 2 is 1.57 bits per heavy atom. The van der Waals surface area contributed by atoms with Crippen molar-refractivity contribution in [2.75, 3.05) is 12.4 Å². The van der Waals surface area contributed by atoms with Gasteiger partial charge in [-0.2, -0.15) is 0 Å². The lowest BCUT2D eigenvalue weighted by Crippen LogP contribution is -2.02. The average molecular weight is 416 g/mol. The quantitative estimate of drug-likeness (QED) is 0.459. The molecule has 146 valence electrons. The Morgan fingerprint density at radius 3 is 2.29 bits per heavy atom. The van der Waals surface area contributed by atoms with E-state index in [-0.39, 0.29) is 0 Å². The molecule has 0 unspecified atom stereocenters. The molecule has 3 nitrogen and oxygen atoms in total. The summed E-state index contributed by atoms with van der Waals surface area (Å²) in [7, 11) is 1.64. The first-order valence-electron chi connectivity index (χ1n) is 9.01. The van der Waals surface area contributed by atoms with Crippen LogP contribution in [0.4, 0.5) is 5.69 Å². The van der Waals surface area contributed by atoms with E-state index in [4.69, 9.17) is 32.7 Å². The predicted molar refractivity (Wildman–Crippen MR) is 117 cm³/mol. The summed E-state index contributed by atoms with van der Waals surface area (Å²) in [5, 5.41) is 4.49. The summed E-state index contributed by atoms with van der Waals surface area (Å²) < 4.78 is 11.4. The van der Waals surface area contributed by atoms with Crippen LogP contribution in [0.5, 0.6) is 11.5 Å². The monoisotopic (exact) mass is 415 g/mol. The maximum absolute atomic E-state index is 6.06. The van der Waals surface area contributed by atoms with Gasteiger partial charge < -0.3 is 14.8 Å². The topological polar surface area (TPSA) is 30.5 Å². The van der Waals surface area contributed by atoms with Crippen LogP contribution in [-0.2, 0) is 13.2 Å². The number of ether oxygens (including phenoxy) is 2. The third-order valence-electron chi connectivity index (χ3n) is 4.61. The van der Waals surface area contributed by atoms with Crippen molar-refractivity contribution in [1.29, 1.82) is 0 Å². The number of hydrogen-bond donors (Lipinski definition) is 1. The van der Waals surface area contributed by atoms with Crippen LogP contribution in [0.15, 0.2) is 54.6 Å².